The van der Waals surface area contributed by atoms with Crippen LogP contribution in [0.4, 0.5) is 5.82 Å². The van der Waals surface area contributed by atoms with E-state index in [9.17, 15) is 4.79 Å². The van der Waals surface area contributed by atoms with Gasteiger partial charge in [0.25, 0.3) is 5.56 Å². The van der Waals surface area contributed by atoms with Crippen LogP contribution in [0.2, 0.25) is 0 Å². The van der Waals surface area contributed by atoms with E-state index in [2.05, 4.69) is 31.1 Å². The summed E-state index contributed by atoms with van der Waals surface area (Å²) < 4.78 is 0. The van der Waals surface area contributed by atoms with Gasteiger partial charge in [0.2, 0.25) is 0 Å². The van der Waals surface area contributed by atoms with Crippen molar-refractivity contribution in [2.24, 2.45) is 5.41 Å². The summed E-state index contributed by atoms with van der Waals surface area (Å²) >= 11 is 0. The first-order valence-corrected chi connectivity index (χ1v) is 6.38. The molecule has 2 rings (SSSR count). The molecule has 2 N–H and O–H groups in total. The molecular weight excluding hydrogens is 224 g/mol. The predicted octanol–water partition coefficient (Wildman–Crippen LogP) is 3.38. The van der Waals surface area contributed by atoms with Crippen molar-refractivity contribution in [2.75, 3.05) is 11.9 Å². The minimum absolute atomic E-state index is 0.0371. The normalized spacial score (nSPS) is 11.7. The monoisotopic (exact) mass is 244 g/mol. The van der Waals surface area contributed by atoms with Gasteiger partial charge in [0.15, 0.2) is 0 Å². The molecule has 0 atom stereocenters. The highest BCUT2D eigenvalue weighted by atomic mass is 16.1. The summed E-state index contributed by atoms with van der Waals surface area (Å²) in [5.74, 6) is 0.792. The molecule has 96 valence electrons. The van der Waals surface area contributed by atoms with E-state index in [4.69, 9.17) is 0 Å². The molecule has 0 unspecified atom stereocenters. The third-order valence-electron chi connectivity index (χ3n) is 3.47. The van der Waals surface area contributed by atoms with Gasteiger partial charge in [0.05, 0.1) is 0 Å². The van der Waals surface area contributed by atoms with Crippen molar-refractivity contribution < 1.29 is 0 Å². The van der Waals surface area contributed by atoms with Crippen LogP contribution in [-0.2, 0) is 0 Å². The first-order chi connectivity index (χ1) is 8.52. The average Bonchev–Trinajstić information content (AvgIpc) is 2.37. The van der Waals surface area contributed by atoms with Crippen LogP contribution in [0.25, 0.3) is 10.8 Å². The lowest BCUT2D eigenvalue weighted by Gasteiger charge is -2.23. The van der Waals surface area contributed by atoms with Crippen LogP contribution >= 0.6 is 0 Å². The molecule has 0 fully saturated rings. The Morgan fingerprint density at radius 1 is 1.28 bits per heavy atom. The third kappa shape index (κ3) is 2.73. The van der Waals surface area contributed by atoms with E-state index in [0.717, 1.165) is 29.6 Å². The summed E-state index contributed by atoms with van der Waals surface area (Å²) in [5, 5.41) is 5.02. The summed E-state index contributed by atoms with van der Waals surface area (Å²) in [6, 6.07) is 9.61. The first kappa shape index (κ1) is 12.7. The standard InChI is InChI=1S/C15H20N2O/c1-4-15(2,3)10-16-13-9-11-7-5-6-8-12(11)14(18)17-13/h5-9H,4,10H2,1-3H3,(H2,16,17,18). The van der Waals surface area contributed by atoms with Gasteiger partial charge in [-0.25, -0.2) is 0 Å². The van der Waals surface area contributed by atoms with Crippen molar-refractivity contribution in [2.45, 2.75) is 27.2 Å². The van der Waals surface area contributed by atoms with Gasteiger partial charge < -0.3 is 10.3 Å². The van der Waals surface area contributed by atoms with Crippen molar-refractivity contribution >= 4 is 16.6 Å². The molecule has 0 bridgehead atoms. The molecule has 1 heterocycles. The largest absolute Gasteiger partial charge is 0.371 e. The van der Waals surface area contributed by atoms with Crippen molar-refractivity contribution in [3.05, 3.63) is 40.7 Å². The maximum absolute atomic E-state index is 11.9. The van der Waals surface area contributed by atoms with Crippen molar-refractivity contribution in [1.82, 2.24) is 4.98 Å². The molecule has 0 spiro atoms. The van der Waals surface area contributed by atoms with E-state index in [-0.39, 0.29) is 11.0 Å². The molecule has 3 heteroatoms. The summed E-state index contributed by atoms with van der Waals surface area (Å²) in [5.41, 5.74) is 0.188. The molecule has 0 radical (unpaired) electrons. The Balaban J connectivity index is 2.28. The van der Waals surface area contributed by atoms with E-state index >= 15 is 0 Å². The molecule has 1 aromatic heterocycles. The highest BCUT2D eigenvalue weighted by Gasteiger charge is 2.14. The fourth-order valence-electron chi connectivity index (χ4n) is 1.77. The summed E-state index contributed by atoms with van der Waals surface area (Å²) in [4.78, 5) is 14.8. The Labute approximate surface area is 107 Å². The van der Waals surface area contributed by atoms with Crippen molar-refractivity contribution in [3.63, 3.8) is 0 Å². The Morgan fingerprint density at radius 3 is 2.72 bits per heavy atom. The minimum atomic E-state index is -0.0371. The summed E-state index contributed by atoms with van der Waals surface area (Å²) in [6.07, 6.45) is 1.10. The topological polar surface area (TPSA) is 44.9 Å². The number of rotatable bonds is 4. The van der Waals surface area contributed by atoms with Crippen LogP contribution in [0, 0.1) is 5.41 Å². The maximum Gasteiger partial charge on any atom is 0.257 e. The maximum atomic E-state index is 11.9. The van der Waals surface area contributed by atoms with Crippen LogP contribution in [-0.4, -0.2) is 11.5 Å². The molecule has 18 heavy (non-hydrogen) atoms. The van der Waals surface area contributed by atoms with Gasteiger partial charge in [-0.2, -0.15) is 0 Å². The molecule has 0 aliphatic carbocycles. The number of pyridine rings is 1. The SMILES string of the molecule is CCC(C)(C)CNc1cc2ccccc2c(=O)[nH]1. The Bertz CT molecular complexity index is 599. The smallest absolute Gasteiger partial charge is 0.257 e. The molecule has 1 aromatic carbocycles. The number of H-pyrrole nitrogens is 1. The van der Waals surface area contributed by atoms with E-state index in [1.54, 1.807) is 0 Å². The number of hydrogen-bond acceptors (Lipinski definition) is 2. The van der Waals surface area contributed by atoms with Crippen LogP contribution in [0.1, 0.15) is 27.2 Å². The lowest BCUT2D eigenvalue weighted by atomic mass is 9.90. The van der Waals surface area contributed by atoms with Crippen LogP contribution in [0.15, 0.2) is 35.1 Å². The van der Waals surface area contributed by atoms with Gasteiger partial charge in [-0.15, -0.1) is 0 Å². The quantitative estimate of drug-likeness (QED) is 0.866. The number of aromatic amines is 1. The number of fused-ring (bicyclic) bond motifs is 1. The van der Waals surface area contributed by atoms with Gasteiger partial charge in [0, 0.05) is 11.9 Å². The van der Waals surface area contributed by atoms with Gasteiger partial charge >= 0.3 is 0 Å². The molecule has 2 aromatic rings. The van der Waals surface area contributed by atoms with Crippen LogP contribution < -0.4 is 10.9 Å². The van der Waals surface area contributed by atoms with Crippen LogP contribution in [0.5, 0.6) is 0 Å². The van der Waals surface area contributed by atoms with E-state index in [1.807, 2.05) is 30.3 Å². The minimum Gasteiger partial charge on any atom is -0.371 e. The number of hydrogen-bond donors (Lipinski definition) is 2. The second kappa shape index (κ2) is 4.84. The molecule has 0 saturated heterocycles. The van der Waals surface area contributed by atoms with Gasteiger partial charge in [-0.3, -0.25) is 4.79 Å². The van der Waals surface area contributed by atoms with E-state index in [0.29, 0.717) is 0 Å². The highest BCUT2D eigenvalue weighted by Crippen LogP contribution is 2.20. The zero-order chi connectivity index (χ0) is 13.2. The molecule has 0 aliphatic rings. The predicted molar refractivity (Wildman–Crippen MR) is 77.1 cm³/mol. The second-order valence-corrected chi connectivity index (χ2v) is 5.47. The van der Waals surface area contributed by atoms with E-state index in [1.165, 1.54) is 0 Å². The molecule has 3 nitrogen and oxygen atoms in total. The van der Waals surface area contributed by atoms with Gasteiger partial charge in [0.1, 0.15) is 5.82 Å². The third-order valence-corrected chi connectivity index (χ3v) is 3.47. The summed E-state index contributed by atoms with van der Waals surface area (Å²) in [6.45, 7) is 7.43. The number of aromatic nitrogens is 1. The number of nitrogens with one attached hydrogen (secondary N) is 2. The lowest BCUT2D eigenvalue weighted by Crippen LogP contribution is -2.23. The Morgan fingerprint density at radius 2 is 2.00 bits per heavy atom. The zero-order valence-corrected chi connectivity index (χ0v) is 11.2. The molecule has 0 amide bonds. The highest BCUT2D eigenvalue weighted by molar-refractivity contribution is 5.83. The lowest BCUT2D eigenvalue weighted by molar-refractivity contribution is 0.376. The Hall–Kier alpha value is -1.77. The Kier molecular flexibility index (Phi) is 3.41. The van der Waals surface area contributed by atoms with E-state index < -0.39 is 0 Å². The van der Waals surface area contributed by atoms with Gasteiger partial charge in [-0.1, -0.05) is 39.0 Å². The fraction of sp³-hybridized carbons (Fsp3) is 0.400. The molecule has 0 aliphatic heterocycles. The van der Waals surface area contributed by atoms with Crippen molar-refractivity contribution in [3.8, 4) is 0 Å². The number of benzene rings is 1. The zero-order valence-electron chi connectivity index (χ0n) is 11.2. The fourth-order valence-corrected chi connectivity index (χ4v) is 1.77. The first-order valence-electron chi connectivity index (χ1n) is 6.38. The second-order valence-electron chi connectivity index (χ2n) is 5.47. The van der Waals surface area contributed by atoms with Crippen LogP contribution in [0.3, 0.4) is 0 Å². The number of anilines is 1. The van der Waals surface area contributed by atoms with Gasteiger partial charge in [-0.05, 0) is 29.4 Å². The average molecular weight is 244 g/mol. The molecular formula is C15H20N2O. The van der Waals surface area contributed by atoms with Crippen molar-refractivity contribution in [1.29, 1.82) is 0 Å². The molecule has 0 saturated carbocycles. The summed E-state index contributed by atoms with van der Waals surface area (Å²) in [7, 11) is 0.